The summed E-state index contributed by atoms with van der Waals surface area (Å²) < 4.78 is 48.6. The molecule has 1 N–H and O–H groups in total. The molecule has 1 rings (SSSR count). The molecule has 0 aromatic carbocycles. The average molecular weight is 278 g/mol. The second-order valence-electron chi connectivity index (χ2n) is 4.39. The van der Waals surface area contributed by atoms with Crippen LogP contribution in [0.25, 0.3) is 0 Å². The standard InChI is InChI=1S/C13H18F4N2/c1-2-11(12-6-5-10(14)9-19-12)18-8-4-3-7-13(15,16)17/h5-6,9,11,18H,2-4,7-8H2,1H3. The number of nitrogens with zero attached hydrogens (tertiary/aromatic N) is 1. The number of alkyl halides is 3. The van der Waals surface area contributed by atoms with Gasteiger partial charge in [-0.25, -0.2) is 4.39 Å². The highest BCUT2D eigenvalue weighted by molar-refractivity contribution is 5.09. The first-order chi connectivity index (χ1) is 8.92. The van der Waals surface area contributed by atoms with Gasteiger partial charge in [0.25, 0.3) is 0 Å². The SMILES string of the molecule is CCC(NCCCCC(F)(F)F)c1ccc(F)cn1. The van der Waals surface area contributed by atoms with Gasteiger partial charge in [0.2, 0.25) is 0 Å². The predicted octanol–water partition coefficient (Wildman–Crippen LogP) is 3.99. The van der Waals surface area contributed by atoms with Crippen LogP contribution in [0.5, 0.6) is 0 Å². The number of halogens is 4. The number of unbranched alkanes of at least 4 members (excludes halogenated alkanes) is 1. The first-order valence-electron chi connectivity index (χ1n) is 6.34. The summed E-state index contributed by atoms with van der Waals surface area (Å²) in [6.45, 7) is 2.44. The average Bonchev–Trinajstić information content (AvgIpc) is 2.34. The maximum absolute atomic E-state index is 12.7. The first-order valence-corrected chi connectivity index (χ1v) is 6.34. The van der Waals surface area contributed by atoms with Crippen LogP contribution in [0.2, 0.25) is 0 Å². The summed E-state index contributed by atoms with van der Waals surface area (Å²) >= 11 is 0. The molecule has 1 aromatic rings. The number of rotatable bonds is 7. The number of hydrogen-bond acceptors (Lipinski definition) is 2. The van der Waals surface area contributed by atoms with Crippen molar-refractivity contribution in [3.8, 4) is 0 Å². The van der Waals surface area contributed by atoms with Crippen molar-refractivity contribution in [1.82, 2.24) is 10.3 Å². The van der Waals surface area contributed by atoms with Crippen LogP contribution in [0.1, 0.15) is 44.3 Å². The zero-order valence-electron chi connectivity index (χ0n) is 10.8. The maximum Gasteiger partial charge on any atom is 0.389 e. The fraction of sp³-hybridized carbons (Fsp3) is 0.615. The molecule has 0 spiro atoms. The summed E-state index contributed by atoms with van der Waals surface area (Å²) in [5.41, 5.74) is 0.708. The molecule has 2 nitrogen and oxygen atoms in total. The van der Waals surface area contributed by atoms with E-state index in [4.69, 9.17) is 0 Å². The van der Waals surface area contributed by atoms with Crippen molar-refractivity contribution in [3.63, 3.8) is 0 Å². The van der Waals surface area contributed by atoms with Crippen LogP contribution >= 0.6 is 0 Å². The summed E-state index contributed by atoms with van der Waals surface area (Å²) in [4.78, 5) is 3.97. The van der Waals surface area contributed by atoms with E-state index in [1.165, 1.54) is 6.07 Å². The molecule has 1 unspecified atom stereocenters. The summed E-state index contributed by atoms with van der Waals surface area (Å²) in [6, 6.07) is 2.87. The highest BCUT2D eigenvalue weighted by Crippen LogP contribution is 2.22. The van der Waals surface area contributed by atoms with E-state index >= 15 is 0 Å². The van der Waals surface area contributed by atoms with E-state index in [0.29, 0.717) is 18.7 Å². The molecule has 0 bridgehead atoms. The van der Waals surface area contributed by atoms with E-state index in [1.807, 2.05) is 6.92 Å². The zero-order chi connectivity index (χ0) is 14.3. The van der Waals surface area contributed by atoms with E-state index in [1.54, 1.807) is 6.07 Å². The van der Waals surface area contributed by atoms with Gasteiger partial charge in [-0.2, -0.15) is 13.2 Å². The lowest BCUT2D eigenvalue weighted by atomic mass is 10.1. The van der Waals surface area contributed by atoms with Gasteiger partial charge in [0, 0.05) is 12.5 Å². The minimum absolute atomic E-state index is 0.0495. The lowest BCUT2D eigenvalue weighted by molar-refractivity contribution is -0.135. The molecule has 1 heterocycles. The van der Waals surface area contributed by atoms with Crippen LogP contribution in [0, 0.1) is 5.82 Å². The Kier molecular flexibility index (Phi) is 6.21. The molecule has 19 heavy (non-hydrogen) atoms. The summed E-state index contributed by atoms with van der Waals surface area (Å²) in [6.07, 6.45) is -2.37. The van der Waals surface area contributed by atoms with Crippen molar-refractivity contribution in [1.29, 1.82) is 0 Å². The van der Waals surface area contributed by atoms with E-state index in [-0.39, 0.29) is 12.5 Å². The molecular formula is C13H18F4N2. The molecule has 6 heteroatoms. The van der Waals surface area contributed by atoms with E-state index < -0.39 is 18.4 Å². The van der Waals surface area contributed by atoms with Crippen LogP contribution in [0.4, 0.5) is 17.6 Å². The minimum Gasteiger partial charge on any atom is -0.309 e. The second-order valence-corrected chi connectivity index (χ2v) is 4.39. The number of aromatic nitrogens is 1. The third-order valence-electron chi connectivity index (χ3n) is 2.79. The summed E-state index contributed by atoms with van der Waals surface area (Å²) in [5.74, 6) is -0.399. The third-order valence-corrected chi connectivity index (χ3v) is 2.79. The molecular weight excluding hydrogens is 260 g/mol. The highest BCUT2D eigenvalue weighted by Gasteiger charge is 2.25. The minimum atomic E-state index is -4.08. The van der Waals surface area contributed by atoms with Gasteiger partial charge in [-0.3, -0.25) is 4.98 Å². The van der Waals surface area contributed by atoms with Crippen LogP contribution in [0.15, 0.2) is 18.3 Å². The van der Waals surface area contributed by atoms with Crippen LogP contribution < -0.4 is 5.32 Å². The Morgan fingerprint density at radius 3 is 2.53 bits per heavy atom. The van der Waals surface area contributed by atoms with Crippen LogP contribution in [-0.4, -0.2) is 17.7 Å². The number of hydrogen-bond donors (Lipinski definition) is 1. The highest BCUT2D eigenvalue weighted by atomic mass is 19.4. The molecule has 0 saturated carbocycles. The molecule has 1 aromatic heterocycles. The van der Waals surface area contributed by atoms with Gasteiger partial charge in [0.05, 0.1) is 11.9 Å². The Bertz CT molecular complexity index is 362. The van der Waals surface area contributed by atoms with Gasteiger partial charge in [-0.1, -0.05) is 6.92 Å². The second kappa shape index (κ2) is 7.43. The summed E-state index contributed by atoms with van der Waals surface area (Å²) in [7, 11) is 0. The van der Waals surface area contributed by atoms with E-state index in [0.717, 1.165) is 12.6 Å². The smallest absolute Gasteiger partial charge is 0.309 e. The fourth-order valence-electron chi connectivity index (χ4n) is 1.78. The predicted molar refractivity (Wildman–Crippen MR) is 65.1 cm³/mol. The lowest BCUT2D eigenvalue weighted by Crippen LogP contribution is -2.23. The Balaban J connectivity index is 2.31. The Labute approximate surface area is 110 Å². The largest absolute Gasteiger partial charge is 0.389 e. The topological polar surface area (TPSA) is 24.9 Å². The normalized spacial score (nSPS) is 13.5. The molecule has 1 atom stereocenters. The van der Waals surface area contributed by atoms with Gasteiger partial charge in [-0.05, 0) is 37.9 Å². The van der Waals surface area contributed by atoms with Gasteiger partial charge in [-0.15, -0.1) is 0 Å². The third kappa shape index (κ3) is 6.52. The quantitative estimate of drug-likeness (QED) is 0.602. The Morgan fingerprint density at radius 1 is 1.26 bits per heavy atom. The van der Waals surface area contributed by atoms with Crippen LogP contribution in [-0.2, 0) is 0 Å². The fourth-order valence-corrected chi connectivity index (χ4v) is 1.78. The zero-order valence-corrected chi connectivity index (χ0v) is 10.8. The monoisotopic (exact) mass is 278 g/mol. The van der Waals surface area contributed by atoms with Crippen molar-refractivity contribution in [2.24, 2.45) is 0 Å². The van der Waals surface area contributed by atoms with E-state index in [9.17, 15) is 17.6 Å². The molecule has 0 aliphatic rings. The Morgan fingerprint density at radius 2 is 2.00 bits per heavy atom. The van der Waals surface area contributed by atoms with Crippen LogP contribution in [0.3, 0.4) is 0 Å². The molecule has 0 fully saturated rings. The van der Waals surface area contributed by atoms with Gasteiger partial charge in [0.15, 0.2) is 0 Å². The first kappa shape index (κ1) is 15.9. The van der Waals surface area contributed by atoms with Gasteiger partial charge >= 0.3 is 6.18 Å². The molecule has 108 valence electrons. The van der Waals surface area contributed by atoms with E-state index in [2.05, 4.69) is 10.3 Å². The molecule has 0 radical (unpaired) electrons. The van der Waals surface area contributed by atoms with Crippen molar-refractivity contribution in [3.05, 3.63) is 29.8 Å². The molecule has 0 amide bonds. The molecule has 0 saturated heterocycles. The molecule has 0 aliphatic carbocycles. The molecule has 0 aliphatic heterocycles. The summed E-state index contributed by atoms with van der Waals surface area (Å²) in [5, 5.41) is 3.14. The van der Waals surface area contributed by atoms with Crippen molar-refractivity contribution in [2.75, 3.05) is 6.54 Å². The van der Waals surface area contributed by atoms with Crippen molar-refractivity contribution >= 4 is 0 Å². The van der Waals surface area contributed by atoms with Crippen molar-refractivity contribution in [2.45, 2.75) is 44.8 Å². The maximum atomic E-state index is 12.7. The van der Waals surface area contributed by atoms with Crippen molar-refractivity contribution < 1.29 is 17.6 Å². The lowest BCUT2D eigenvalue weighted by Gasteiger charge is -2.16. The van der Waals surface area contributed by atoms with Gasteiger partial charge < -0.3 is 5.32 Å². The Hall–Kier alpha value is -1.17. The van der Waals surface area contributed by atoms with Gasteiger partial charge in [0.1, 0.15) is 5.82 Å². The number of nitrogens with one attached hydrogen (secondary N) is 1. The number of pyridine rings is 1.